The first-order valence-corrected chi connectivity index (χ1v) is 10.8. The lowest BCUT2D eigenvalue weighted by Crippen LogP contribution is -2.59. The average molecular weight is 483 g/mol. The van der Waals surface area contributed by atoms with Gasteiger partial charge in [0.15, 0.2) is 0 Å². The Kier molecular flexibility index (Phi) is 11.4. The molecule has 0 aliphatic rings. The van der Waals surface area contributed by atoms with Crippen LogP contribution in [0, 0.1) is 5.92 Å². The number of benzene rings is 1. The zero-order chi connectivity index (χ0) is 26.0. The second-order valence-corrected chi connectivity index (χ2v) is 8.47. The zero-order valence-electron chi connectivity index (χ0n) is 19.4. The van der Waals surface area contributed by atoms with Crippen LogP contribution in [0.25, 0.3) is 0 Å². The third-order valence-corrected chi connectivity index (χ3v) is 4.97. The highest BCUT2D eigenvalue weighted by Gasteiger charge is 2.31. The van der Waals surface area contributed by atoms with E-state index in [2.05, 4.69) is 16.0 Å². The summed E-state index contributed by atoms with van der Waals surface area (Å²) in [6.45, 7) is 4.11. The second-order valence-electron chi connectivity index (χ2n) is 8.47. The summed E-state index contributed by atoms with van der Waals surface area (Å²) in [5.74, 6) is -3.85. The molecule has 5 atom stereocenters. The Hall–Kier alpha value is -3.22. The van der Waals surface area contributed by atoms with E-state index in [9.17, 15) is 39.6 Å². The number of carboxylic acid groups (broad SMARTS) is 1. The van der Waals surface area contributed by atoms with Gasteiger partial charge in [-0.2, -0.15) is 0 Å². The highest BCUT2D eigenvalue weighted by molar-refractivity contribution is 5.94. The van der Waals surface area contributed by atoms with Crippen molar-refractivity contribution in [2.75, 3.05) is 6.61 Å². The minimum absolute atomic E-state index is 0.000151. The van der Waals surface area contributed by atoms with E-state index in [1.807, 2.05) is 0 Å². The van der Waals surface area contributed by atoms with Crippen molar-refractivity contribution in [1.29, 1.82) is 0 Å². The maximum Gasteiger partial charge on any atom is 0.326 e. The molecule has 190 valence electrons. The van der Waals surface area contributed by atoms with Crippen LogP contribution in [-0.4, -0.2) is 81.0 Å². The van der Waals surface area contributed by atoms with E-state index in [0.717, 1.165) is 0 Å². The fourth-order valence-corrected chi connectivity index (χ4v) is 3.00. The minimum atomic E-state index is -1.48. The van der Waals surface area contributed by atoms with Crippen LogP contribution in [0.3, 0.4) is 0 Å². The largest absolute Gasteiger partial charge is 0.508 e. The van der Waals surface area contributed by atoms with Gasteiger partial charge < -0.3 is 42.1 Å². The van der Waals surface area contributed by atoms with Crippen molar-refractivity contribution in [3.05, 3.63) is 29.8 Å². The van der Waals surface area contributed by atoms with Crippen LogP contribution in [0.5, 0.6) is 5.75 Å². The van der Waals surface area contributed by atoms with Crippen LogP contribution in [0.15, 0.2) is 24.3 Å². The van der Waals surface area contributed by atoms with Gasteiger partial charge in [-0.25, -0.2) is 4.79 Å². The van der Waals surface area contributed by atoms with Crippen LogP contribution in [0.2, 0.25) is 0 Å². The number of aliphatic carboxylic acids is 1. The smallest absolute Gasteiger partial charge is 0.326 e. The second kappa shape index (κ2) is 13.5. The number of nitrogens with one attached hydrogen (secondary N) is 3. The third-order valence-electron chi connectivity index (χ3n) is 4.97. The number of carboxylic acids is 1. The number of nitrogens with two attached hydrogens (primary N) is 1. The molecular weight excluding hydrogens is 448 g/mol. The van der Waals surface area contributed by atoms with Gasteiger partial charge in [0.2, 0.25) is 17.7 Å². The molecule has 12 heteroatoms. The van der Waals surface area contributed by atoms with Crippen LogP contribution in [0.1, 0.15) is 32.8 Å². The summed E-state index contributed by atoms with van der Waals surface area (Å²) in [6, 6.07) is 0.532. The molecule has 0 fully saturated rings. The molecule has 9 N–H and O–H groups in total. The van der Waals surface area contributed by atoms with E-state index in [1.165, 1.54) is 31.2 Å². The minimum Gasteiger partial charge on any atom is -0.508 e. The predicted octanol–water partition coefficient (Wildman–Crippen LogP) is -1.78. The number of aromatic hydroxyl groups is 1. The normalized spacial score (nSPS) is 15.5. The summed E-state index contributed by atoms with van der Waals surface area (Å²) < 4.78 is 0. The average Bonchev–Trinajstić information content (AvgIpc) is 2.76. The third kappa shape index (κ3) is 9.33. The van der Waals surface area contributed by atoms with E-state index < -0.39 is 60.6 Å². The van der Waals surface area contributed by atoms with E-state index in [0.29, 0.717) is 5.56 Å². The van der Waals surface area contributed by atoms with Gasteiger partial charge in [0.05, 0.1) is 12.7 Å². The van der Waals surface area contributed by atoms with Gasteiger partial charge in [-0.05, 0) is 37.0 Å². The molecule has 0 bridgehead atoms. The van der Waals surface area contributed by atoms with Gasteiger partial charge in [0.1, 0.15) is 29.9 Å². The number of hydrogen-bond acceptors (Lipinski definition) is 8. The van der Waals surface area contributed by atoms with Crippen molar-refractivity contribution in [2.45, 2.75) is 63.9 Å². The van der Waals surface area contributed by atoms with Crippen LogP contribution in [-0.2, 0) is 25.6 Å². The first-order chi connectivity index (χ1) is 15.8. The molecule has 0 saturated carbocycles. The molecule has 1 aromatic carbocycles. The van der Waals surface area contributed by atoms with Gasteiger partial charge in [0.25, 0.3) is 0 Å². The van der Waals surface area contributed by atoms with Gasteiger partial charge in [-0.1, -0.05) is 26.0 Å². The Labute approximate surface area is 197 Å². The van der Waals surface area contributed by atoms with E-state index >= 15 is 0 Å². The van der Waals surface area contributed by atoms with Crippen molar-refractivity contribution < 1.29 is 39.6 Å². The summed E-state index contributed by atoms with van der Waals surface area (Å²) in [5.41, 5.74) is 6.13. The van der Waals surface area contributed by atoms with Crippen molar-refractivity contribution >= 4 is 23.7 Å². The summed E-state index contributed by atoms with van der Waals surface area (Å²) in [5, 5.41) is 45.0. The van der Waals surface area contributed by atoms with Gasteiger partial charge in [-0.3, -0.25) is 14.4 Å². The lowest BCUT2D eigenvalue weighted by molar-refractivity contribution is -0.142. The first kappa shape index (κ1) is 28.8. The molecule has 0 aromatic heterocycles. The summed E-state index contributed by atoms with van der Waals surface area (Å²) >= 11 is 0. The number of rotatable bonds is 13. The Morgan fingerprint density at radius 2 is 1.38 bits per heavy atom. The predicted molar refractivity (Wildman–Crippen MR) is 121 cm³/mol. The van der Waals surface area contributed by atoms with Crippen LogP contribution < -0.4 is 21.7 Å². The van der Waals surface area contributed by atoms with Crippen molar-refractivity contribution in [3.63, 3.8) is 0 Å². The van der Waals surface area contributed by atoms with E-state index in [4.69, 9.17) is 5.73 Å². The number of aliphatic hydroxyl groups is 2. The molecule has 34 heavy (non-hydrogen) atoms. The molecule has 0 spiro atoms. The maximum absolute atomic E-state index is 12.8. The number of carbonyl (C=O) groups is 4. The molecule has 12 nitrogen and oxygen atoms in total. The molecule has 0 aliphatic heterocycles. The van der Waals surface area contributed by atoms with Crippen molar-refractivity contribution in [2.24, 2.45) is 11.7 Å². The quantitative estimate of drug-likeness (QED) is 0.159. The topological polar surface area (TPSA) is 211 Å². The number of aliphatic hydroxyl groups excluding tert-OH is 2. The van der Waals surface area contributed by atoms with E-state index in [1.54, 1.807) is 13.8 Å². The van der Waals surface area contributed by atoms with E-state index in [-0.39, 0.29) is 24.5 Å². The summed E-state index contributed by atoms with van der Waals surface area (Å²) in [6.07, 6.45) is -1.07. The number of phenols is 1. The number of phenolic OH excluding ortho intramolecular Hbond substituents is 1. The van der Waals surface area contributed by atoms with Crippen LogP contribution >= 0.6 is 0 Å². The molecule has 0 radical (unpaired) electrons. The molecule has 3 amide bonds. The van der Waals surface area contributed by atoms with Gasteiger partial charge in [0, 0.05) is 6.42 Å². The Morgan fingerprint density at radius 3 is 1.85 bits per heavy atom. The molecule has 0 aliphatic carbocycles. The number of amides is 3. The number of hydrogen-bond donors (Lipinski definition) is 8. The molecule has 1 rings (SSSR count). The molecular formula is C22H34N4O8. The summed E-state index contributed by atoms with van der Waals surface area (Å²) in [4.78, 5) is 49.2. The summed E-state index contributed by atoms with van der Waals surface area (Å²) in [7, 11) is 0. The maximum atomic E-state index is 12.8. The molecule has 0 heterocycles. The Bertz CT molecular complexity index is 844. The number of carbonyl (C=O) groups excluding carboxylic acids is 3. The molecule has 0 saturated heterocycles. The van der Waals surface area contributed by atoms with Gasteiger partial charge in [-0.15, -0.1) is 0 Å². The molecule has 1 aromatic rings. The molecule has 5 unspecified atom stereocenters. The monoisotopic (exact) mass is 482 g/mol. The van der Waals surface area contributed by atoms with Crippen molar-refractivity contribution in [1.82, 2.24) is 16.0 Å². The highest BCUT2D eigenvalue weighted by Crippen LogP contribution is 2.12. The SMILES string of the molecule is CC(C)CC(NC(=O)C(N)C(C)O)C(=O)NC(CO)C(=O)NC(Cc1ccc(O)cc1)C(=O)O. The highest BCUT2D eigenvalue weighted by atomic mass is 16.4. The zero-order valence-corrected chi connectivity index (χ0v) is 19.4. The first-order valence-electron chi connectivity index (χ1n) is 10.8. The fraction of sp³-hybridized carbons (Fsp3) is 0.545. The van der Waals surface area contributed by atoms with Gasteiger partial charge >= 0.3 is 5.97 Å². The fourth-order valence-electron chi connectivity index (χ4n) is 3.00. The lowest BCUT2D eigenvalue weighted by Gasteiger charge is -2.25. The lowest BCUT2D eigenvalue weighted by atomic mass is 10.0. The Morgan fingerprint density at radius 1 is 0.882 bits per heavy atom. The van der Waals surface area contributed by atoms with Crippen molar-refractivity contribution in [3.8, 4) is 5.75 Å². The van der Waals surface area contributed by atoms with Crippen LogP contribution in [0.4, 0.5) is 0 Å². The Balaban J connectivity index is 2.89. The standard InChI is InChI=1S/C22H34N4O8/c1-11(2)8-15(24-21(32)18(23)12(3)28)19(30)26-17(10-27)20(31)25-16(22(33)34)9-13-4-6-14(29)7-5-13/h4-7,11-12,15-18,27-29H,8-10,23H2,1-3H3,(H,24,32)(H,25,31)(H,26,30)(H,33,34).